The maximum Gasteiger partial charge on any atom is 0.135 e. The number of nitrogens with zero attached hydrogens (tertiary/aromatic N) is 1. The fourth-order valence-electron chi connectivity index (χ4n) is 1.91. The van der Waals surface area contributed by atoms with E-state index < -0.39 is 0 Å². The standard InChI is InChI=1S/C14H16ClN3S/c1-2-4-11-13(14(16)17)19-12(18-11)8-9-5-3-6-10(15)7-9/h3,5-7H,2,4,8H2,1H3,(H3,16,17). The summed E-state index contributed by atoms with van der Waals surface area (Å²) in [6, 6.07) is 7.76. The van der Waals surface area contributed by atoms with Crippen molar-refractivity contribution >= 4 is 28.8 Å². The van der Waals surface area contributed by atoms with Gasteiger partial charge in [0, 0.05) is 11.4 Å². The van der Waals surface area contributed by atoms with E-state index in [9.17, 15) is 0 Å². The molecule has 0 saturated carbocycles. The number of hydrogen-bond donors (Lipinski definition) is 2. The second-order valence-electron chi connectivity index (χ2n) is 4.35. The number of nitrogens with one attached hydrogen (secondary N) is 1. The van der Waals surface area contributed by atoms with Crippen molar-refractivity contribution in [2.45, 2.75) is 26.2 Å². The summed E-state index contributed by atoms with van der Waals surface area (Å²) in [6.07, 6.45) is 2.59. The lowest BCUT2D eigenvalue weighted by molar-refractivity contribution is 0.881. The SMILES string of the molecule is CCCc1nc(Cc2cccc(Cl)c2)sc1C(=N)N. The smallest absolute Gasteiger partial charge is 0.135 e. The van der Waals surface area contributed by atoms with Gasteiger partial charge in [0.05, 0.1) is 15.6 Å². The van der Waals surface area contributed by atoms with Crippen LogP contribution < -0.4 is 5.73 Å². The summed E-state index contributed by atoms with van der Waals surface area (Å²) in [5.74, 6) is 0.110. The summed E-state index contributed by atoms with van der Waals surface area (Å²) in [6.45, 7) is 2.10. The van der Waals surface area contributed by atoms with Crippen LogP contribution in [0.5, 0.6) is 0 Å². The molecule has 0 aliphatic carbocycles. The Bertz CT molecular complexity index is 592. The van der Waals surface area contributed by atoms with E-state index in [1.165, 1.54) is 11.3 Å². The van der Waals surface area contributed by atoms with Crippen LogP contribution in [0.25, 0.3) is 0 Å². The minimum Gasteiger partial charge on any atom is -0.383 e. The largest absolute Gasteiger partial charge is 0.383 e. The zero-order valence-electron chi connectivity index (χ0n) is 10.7. The van der Waals surface area contributed by atoms with E-state index in [0.717, 1.165) is 45.4 Å². The van der Waals surface area contributed by atoms with E-state index in [1.54, 1.807) is 0 Å². The zero-order valence-corrected chi connectivity index (χ0v) is 12.3. The number of thiazole rings is 1. The molecule has 0 aliphatic heterocycles. The van der Waals surface area contributed by atoms with Crippen molar-refractivity contribution in [3.8, 4) is 0 Å². The average Bonchev–Trinajstić information content (AvgIpc) is 2.73. The van der Waals surface area contributed by atoms with Crippen LogP contribution in [0.15, 0.2) is 24.3 Å². The number of aromatic nitrogens is 1. The normalized spacial score (nSPS) is 10.6. The molecule has 0 spiro atoms. The molecule has 2 rings (SSSR count). The van der Waals surface area contributed by atoms with Crippen molar-refractivity contribution in [3.63, 3.8) is 0 Å². The molecule has 100 valence electrons. The Kier molecular flexibility index (Phi) is 4.56. The van der Waals surface area contributed by atoms with Crippen molar-refractivity contribution in [2.75, 3.05) is 0 Å². The van der Waals surface area contributed by atoms with Crippen molar-refractivity contribution in [2.24, 2.45) is 5.73 Å². The summed E-state index contributed by atoms with van der Waals surface area (Å²) in [5.41, 5.74) is 7.67. The van der Waals surface area contributed by atoms with Crippen molar-refractivity contribution in [1.82, 2.24) is 4.98 Å². The second kappa shape index (κ2) is 6.17. The summed E-state index contributed by atoms with van der Waals surface area (Å²) in [7, 11) is 0. The Morgan fingerprint density at radius 1 is 1.47 bits per heavy atom. The number of hydrogen-bond acceptors (Lipinski definition) is 3. The first kappa shape index (κ1) is 14.0. The molecule has 0 atom stereocenters. The van der Waals surface area contributed by atoms with Gasteiger partial charge in [0.25, 0.3) is 0 Å². The highest BCUT2D eigenvalue weighted by Gasteiger charge is 2.13. The molecular weight excluding hydrogens is 278 g/mol. The minimum atomic E-state index is 0.110. The van der Waals surface area contributed by atoms with Gasteiger partial charge >= 0.3 is 0 Å². The molecule has 0 amide bonds. The number of nitrogens with two attached hydrogens (primary N) is 1. The van der Waals surface area contributed by atoms with Crippen LogP contribution in [0, 0.1) is 5.41 Å². The number of amidine groups is 1. The highest BCUT2D eigenvalue weighted by atomic mass is 35.5. The Hall–Kier alpha value is -1.39. The third kappa shape index (κ3) is 3.55. The second-order valence-corrected chi connectivity index (χ2v) is 5.87. The fraction of sp³-hybridized carbons (Fsp3) is 0.286. The van der Waals surface area contributed by atoms with E-state index in [0.29, 0.717) is 0 Å². The lowest BCUT2D eigenvalue weighted by atomic mass is 10.1. The summed E-state index contributed by atoms with van der Waals surface area (Å²) in [5, 5.41) is 9.32. The van der Waals surface area contributed by atoms with E-state index in [1.807, 2.05) is 24.3 Å². The molecule has 19 heavy (non-hydrogen) atoms. The lowest BCUT2D eigenvalue weighted by Gasteiger charge is -1.98. The van der Waals surface area contributed by atoms with Gasteiger partial charge in [-0.2, -0.15) is 0 Å². The Balaban J connectivity index is 2.25. The number of halogens is 1. The van der Waals surface area contributed by atoms with E-state index >= 15 is 0 Å². The van der Waals surface area contributed by atoms with E-state index in [-0.39, 0.29) is 5.84 Å². The number of aryl methyl sites for hydroxylation is 1. The maximum absolute atomic E-state index is 7.61. The van der Waals surface area contributed by atoms with Gasteiger partial charge in [-0.05, 0) is 24.1 Å². The molecule has 0 saturated heterocycles. The van der Waals surface area contributed by atoms with Gasteiger partial charge < -0.3 is 5.73 Å². The Morgan fingerprint density at radius 2 is 2.26 bits per heavy atom. The highest BCUT2D eigenvalue weighted by molar-refractivity contribution is 7.13. The lowest BCUT2D eigenvalue weighted by Crippen LogP contribution is -2.11. The van der Waals surface area contributed by atoms with Crippen LogP contribution in [0.1, 0.15) is 34.5 Å². The first-order valence-electron chi connectivity index (χ1n) is 6.17. The van der Waals surface area contributed by atoms with E-state index in [4.69, 9.17) is 22.7 Å². The van der Waals surface area contributed by atoms with Crippen molar-refractivity contribution in [3.05, 3.63) is 50.4 Å². The molecule has 1 aromatic heterocycles. The van der Waals surface area contributed by atoms with Gasteiger partial charge in [0.15, 0.2) is 0 Å². The van der Waals surface area contributed by atoms with Gasteiger partial charge in [-0.1, -0.05) is 37.1 Å². The van der Waals surface area contributed by atoms with Crippen LogP contribution in [0.4, 0.5) is 0 Å². The first-order valence-corrected chi connectivity index (χ1v) is 7.37. The van der Waals surface area contributed by atoms with Crippen LogP contribution >= 0.6 is 22.9 Å². The molecule has 3 N–H and O–H groups in total. The van der Waals surface area contributed by atoms with Crippen LogP contribution in [-0.2, 0) is 12.8 Å². The fourth-order valence-corrected chi connectivity index (χ4v) is 3.13. The maximum atomic E-state index is 7.61. The predicted molar refractivity (Wildman–Crippen MR) is 81.4 cm³/mol. The van der Waals surface area contributed by atoms with Crippen molar-refractivity contribution in [1.29, 1.82) is 5.41 Å². The molecule has 0 radical (unpaired) electrons. The summed E-state index contributed by atoms with van der Waals surface area (Å²) >= 11 is 7.48. The highest BCUT2D eigenvalue weighted by Crippen LogP contribution is 2.23. The topological polar surface area (TPSA) is 62.8 Å². The molecule has 2 aromatic rings. The number of rotatable bonds is 5. The quantitative estimate of drug-likeness (QED) is 0.653. The molecule has 0 unspecified atom stereocenters. The minimum absolute atomic E-state index is 0.110. The van der Waals surface area contributed by atoms with Gasteiger partial charge in [-0.3, -0.25) is 5.41 Å². The van der Waals surface area contributed by atoms with Crippen LogP contribution in [0.2, 0.25) is 5.02 Å². The van der Waals surface area contributed by atoms with E-state index in [2.05, 4.69) is 11.9 Å². The van der Waals surface area contributed by atoms with Crippen molar-refractivity contribution < 1.29 is 0 Å². The third-order valence-corrected chi connectivity index (χ3v) is 4.08. The van der Waals surface area contributed by atoms with Crippen LogP contribution in [0.3, 0.4) is 0 Å². The Labute approximate surface area is 122 Å². The predicted octanol–water partition coefficient (Wildman–Crippen LogP) is 3.62. The molecule has 0 bridgehead atoms. The summed E-state index contributed by atoms with van der Waals surface area (Å²) in [4.78, 5) is 5.41. The van der Waals surface area contributed by atoms with Gasteiger partial charge in [-0.25, -0.2) is 4.98 Å². The molecule has 0 fully saturated rings. The summed E-state index contributed by atoms with van der Waals surface area (Å²) < 4.78 is 0. The molecule has 3 nitrogen and oxygen atoms in total. The monoisotopic (exact) mass is 293 g/mol. The average molecular weight is 294 g/mol. The Morgan fingerprint density at radius 3 is 2.89 bits per heavy atom. The number of benzene rings is 1. The molecular formula is C14H16ClN3S. The zero-order chi connectivity index (χ0) is 13.8. The molecule has 5 heteroatoms. The molecule has 1 aromatic carbocycles. The third-order valence-electron chi connectivity index (χ3n) is 2.72. The molecule has 1 heterocycles. The van der Waals surface area contributed by atoms with Gasteiger partial charge in [-0.15, -0.1) is 11.3 Å². The van der Waals surface area contributed by atoms with Gasteiger partial charge in [0.1, 0.15) is 5.84 Å². The first-order chi connectivity index (χ1) is 9.10. The molecule has 0 aliphatic rings. The number of nitrogen functional groups attached to an aromatic ring is 1. The van der Waals surface area contributed by atoms with Crippen LogP contribution in [-0.4, -0.2) is 10.8 Å². The van der Waals surface area contributed by atoms with Gasteiger partial charge in [0.2, 0.25) is 0 Å².